The van der Waals surface area contributed by atoms with E-state index in [2.05, 4.69) is 69.8 Å². The van der Waals surface area contributed by atoms with Crippen molar-refractivity contribution in [2.75, 3.05) is 38.8 Å². The van der Waals surface area contributed by atoms with Crippen molar-refractivity contribution in [1.82, 2.24) is 20.2 Å². The smallest absolute Gasteiger partial charge is 0.255 e. The molecule has 1 unspecified atom stereocenters. The first-order valence-electron chi connectivity index (χ1n) is 16.4. The van der Waals surface area contributed by atoms with Gasteiger partial charge in [-0.25, -0.2) is 4.98 Å². The van der Waals surface area contributed by atoms with Crippen LogP contribution >= 0.6 is 11.3 Å². The highest BCUT2D eigenvalue weighted by molar-refractivity contribution is 7.21. The Morgan fingerprint density at radius 1 is 0.918 bits per heavy atom. The van der Waals surface area contributed by atoms with E-state index in [-0.39, 0.29) is 18.2 Å². The number of thiazole rings is 1. The Hall–Kier alpha value is -5.13. The zero-order valence-corrected chi connectivity index (χ0v) is 28.3. The van der Waals surface area contributed by atoms with Crippen molar-refractivity contribution in [3.8, 4) is 27.4 Å². The summed E-state index contributed by atoms with van der Waals surface area (Å²) >= 11 is 1.71. The minimum Gasteiger partial charge on any atom is -0.491 e. The van der Waals surface area contributed by atoms with Crippen molar-refractivity contribution in [2.45, 2.75) is 38.3 Å². The summed E-state index contributed by atoms with van der Waals surface area (Å²) in [4.78, 5) is 49.8. The molecule has 5 aromatic rings. The van der Waals surface area contributed by atoms with Gasteiger partial charge >= 0.3 is 0 Å². The summed E-state index contributed by atoms with van der Waals surface area (Å²) in [6.45, 7) is 1.73. The van der Waals surface area contributed by atoms with Gasteiger partial charge in [0.15, 0.2) is 0 Å². The summed E-state index contributed by atoms with van der Waals surface area (Å²) in [7, 11) is 4.09. The molecule has 1 saturated heterocycles. The van der Waals surface area contributed by atoms with Gasteiger partial charge in [0, 0.05) is 67.9 Å². The average Bonchev–Trinajstić information content (AvgIpc) is 3.68. The molecule has 10 nitrogen and oxygen atoms in total. The molecular formula is C38H37N5O5S. The van der Waals surface area contributed by atoms with Gasteiger partial charge in [0.1, 0.15) is 23.4 Å². The molecule has 0 radical (unpaired) electrons. The predicted molar refractivity (Wildman–Crippen MR) is 190 cm³/mol. The number of benzene rings is 3. The van der Waals surface area contributed by atoms with E-state index in [9.17, 15) is 14.4 Å². The number of carbonyl (C=O) groups is 3. The maximum Gasteiger partial charge on any atom is 0.255 e. The Balaban J connectivity index is 0.831. The fraction of sp³-hybridized carbons (Fsp3) is 0.289. The molecule has 0 spiro atoms. The zero-order valence-electron chi connectivity index (χ0n) is 27.5. The highest BCUT2D eigenvalue weighted by Crippen LogP contribution is 2.34. The molecule has 4 heterocycles. The molecule has 2 aromatic heterocycles. The van der Waals surface area contributed by atoms with Crippen LogP contribution in [0.2, 0.25) is 0 Å². The van der Waals surface area contributed by atoms with Crippen molar-refractivity contribution in [2.24, 2.45) is 0 Å². The van der Waals surface area contributed by atoms with Crippen LogP contribution in [0.3, 0.4) is 0 Å². The molecule has 0 aliphatic carbocycles. The summed E-state index contributed by atoms with van der Waals surface area (Å²) in [6.07, 6.45) is 4.15. The van der Waals surface area contributed by atoms with Crippen LogP contribution in [0.4, 0.5) is 5.69 Å². The van der Waals surface area contributed by atoms with E-state index in [1.54, 1.807) is 23.5 Å². The lowest BCUT2D eigenvalue weighted by molar-refractivity contribution is -0.136. The zero-order chi connectivity index (χ0) is 33.9. The van der Waals surface area contributed by atoms with E-state index in [4.69, 9.17) is 14.5 Å². The van der Waals surface area contributed by atoms with Crippen molar-refractivity contribution in [3.63, 3.8) is 0 Å². The SMILES string of the molecule is CN(C)c1ccc2nc(-c3ccc(-c4ccc(CCCOCCOc5ccc6c(c5)CN(C5CCC(=O)NC5=O)C6=O)nc4)cc3)sc2c1. The molecule has 250 valence electrons. The predicted octanol–water partition coefficient (Wildman–Crippen LogP) is 5.88. The van der Waals surface area contributed by atoms with E-state index in [0.717, 1.165) is 51.3 Å². The molecule has 11 heteroatoms. The Labute approximate surface area is 288 Å². The number of amides is 3. The van der Waals surface area contributed by atoms with Crippen LogP contribution in [0, 0.1) is 0 Å². The van der Waals surface area contributed by atoms with Gasteiger partial charge in [-0.1, -0.05) is 30.3 Å². The van der Waals surface area contributed by atoms with E-state index in [0.29, 0.717) is 44.1 Å². The third kappa shape index (κ3) is 7.18. The summed E-state index contributed by atoms with van der Waals surface area (Å²) < 4.78 is 12.8. The number of nitrogens with zero attached hydrogens (tertiary/aromatic N) is 4. The number of nitrogens with one attached hydrogen (secondary N) is 1. The Bertz CT molecular complexity index is 2010. The van der Waals surface area contributed by atoms with Crippen LogP contribution in [-0.4, -0.2) is 72.5 Å². The first-order valence-corrected chi connectivity index (χ1v) is 17.3. The monoisotopic (exact) mass is 675 g/mol. The maximum absolute atomic E-state index is 12.9. The molecule has 0 bridgehead atoms. The molecule has 1 atom stereocenters. The molecule has 3 amide bonds. The molecule has 2 aliphatic rings. The number of fused-ring (bicyclic) bond motifs is 2. The number of carbonyl (C=O) groups excluding carboxylic acids is 3. The number of pyridine rings is 1. The van der Waals surface area contributed by atoms with Gasteiger partial charge in [-0.05, 0) is 72.9 Å². The average molecular weight is 676 g/mol. The van der Waals surface area contributed by atoms with Gasteiger partial charge in [-0.3, -0.25) is 24.7 Å². The minimum atomic E-state index is -0.630. The fourth-order valence-corrected chi connectivity index (χ4v) is 7.18. The van der Waals surface area contributed by atoms with Crippen molar-refractivity contribution >= 4 is 45.0 Å². The normalized spacial score (nSPS) is 15.8. The summed E-state index contributed by atoms with van der Waals surface area (Å²) in [5.41, 5.74) is 7.87. The van der Waals surface area contributed by atoms with Crippen molar-refractivity contribution in [1.29, 1.82) is 0 Å². The first-order chi connectivity index (χ1) is 23.8. The minimum absolute atomic E-state index is 0.196. The molecule has 1 N–H and O–H groups in total. The van der Waals surface area contributed by atoms with E-state index < -0.39 is 11.9 Å². The fourth-order valence-electron chi connectivity index (χ4n) is 6.18. The number of anilines is 1. The molecule has 49 heavy (non-hydrogen) atoms. The van der Waals surface area contributed by atoms with Crippen LogP contribution < -0.4 is 15.0 Å². The van der Waals surface area contributed by atoms with Crippen LogP contribution in [0.5, 0.6) is 5.75 Å². The van der Waals surface area contributed by atoms with Gasteiger partial charge in [0.05, 0.1) is 16.8 Å². The summed E-state index contributed by atoms with van der Waals surface area (Å²) in [6, 6.07) is 23.7. The van der Waals surface area contributed by atoms with E-state index in [1.807, 2.05) is 26.4 Å². The number of hydrogen-bond donors (Lipinski definition) is 1. The molecule has 7 rings (SSSR count). The number of hydrogen-bond acceptors (Lipinski definition) is 9. The largest absolute Gasteiger partial charge is 0.491 e. The van der Waals surface area contributed by atoms with Crippen LogP contribution in [-0.2, 0) is 27.3 Å². The number of aryl methyl sites for hydroxylation is 1. The number of rotatable bonds is 12. The quantitative estimate of drug-likeness (QED) is 0.129. The molecule has 2 aliphatic heterocycles. The van der Waals surface area contributed by atoms with E-state index in [1.165, 1.54) is 15.3 Å². The highest BCUT2D eigenvalue weighted by Gasteiger charge is 2.39. The highest BCUT2D eigenvalue weighted by atomic mass is 32.1. The van der Waals surface area contributed by atoms with Crippen LogP contribution in [0.15, 0.2) is 79.0 Å². The first kappa shape index (κ1) is 32.4. The lowest BCUT2D eigenvalue weighted by Gasteiger charge is -2.29. The standard InChI is InChI=1S/C38H37N5O5S/c1-42(2)29-11-14-32-34(21-29)49-37(40-32)25-7-5-24(6-8-25)26-9-10-28(39-22-26)4-3-17-47-18-19-48-30-12-13-31-27(20-30)23-43(38(31)46)33-15-16-35(44)41-36(33)45/h5-14,20-22,33H,3-4,15-19,23H2,1-2H3,(H,41,44,45). The van der Waals surface area contributed by atoms with Gasteiger partial charge in [0.25, 0.3) is 5.91 Å². The second kappa shape index (κ2) is 14.2. The van der Waals surface area contributed by atoms with Crippen LogP contribution in [0.1, 0.15) is 40.9 Å². The van der Waals surface area contributed by atoms with Gasteiger partial charge in [-0.15, -0.1) is 11.3 Å². The van der Waals surface area contributed by atoms with E-state index >= 15 is 0 Å². The third-order valence-corrected chi connectivity index (χ3v) is 9.96. The molecule has 0 saturated carbocycles. The maximum atomic E-state index is 12.9. The molecule has 3 aromatic carbocycles. The van der Waals surface area contributed by atoms with Gasteiger partial charge < -0.3 is 19.3 Å². The number of imide groups is 1. The van der Waals surface area contributed by atoms with Gasteiger partial charge in [0.2, 0.25) is 11.8 Å². The number of aromatic nitrogens is 2. The second-order valence-electron chi connectivity index (χ2n) is 12.5. The summed E-state index contributed by atoms with van der Waals surface area (Å²) in [5.74, 6) is -0.262. The van der Waals surface area contributed by atoms with Crippen molar-refractivity contribution in [3.05, 3.63) is 95.8 Å². The third-order valence-electron chi connectivity index (χ3n) is 8.89. The Kier molecular flexibility index (Phi) is 9.36. The molecule has 1 fully saturated rings. The molecular weight excluding hydrogens is 639 g/mol. The second-order valence-corrected chi connectivity index (χ2v) is 13.5. The van der Waals surface area contributed by atoms with Gasteiger partial charge in [-0.2, -0.15) is 0 Å². The lowest BCUT2D eigenvalue weighted by atomic mass is 10.0. The Morgan fingerprint density at radius 3 is 2.51 bits per heavy atom. The summed E-state index contributed by atoms with van der Waals surface area (Å²) in [5, 5.41) is 3.34. The number of piperidine rings is 1. The van der Waals surface area contributed by atoms with Crippen LogP contribution in [0.25, 0.3) is 31.9 Å². The Morgan fingerprint density at radius 2 is 1.73 bits per heavy atom. The topological polar surface area (TPSA) is 114 Å². The number of ether oxygens (including phenoxy) is 2. The lowest BCUT2D eigenvalue weighted by Crippen LogP contribution is -2.52. The van der Waals surface area contributed by atoms with Crippen molar-refractivity contribution < 1.29 is 23.9 Å².